The third kappa shape index (κ3) is 4.07. The maximum absolute atomic E-state index is 11.9. The van der Waals surface area contributed by atoms with Gasteiger partial charge in [0.2, 0.25) is 5.91 Å². The van der Waals surface area contributed by atoms with Gasteiger partial charge < -0.3 is 21.9 Å². The number of carbonyl (C=O) groups is 3. The van der Waals surface area contributed by atoms with Crippen molar-refractivity contribution in [1.29, 1.82) is 0 Å². The molecule has 1 unspecified atom stereocenters. The SMILES string of the molecule is NCc1ccccc1C(=O)NC(CC(N)=O)C(=O)O. The zero-order chi connectivity index (χ0) is 14.4. The third-order valence-electron chi connectivity index (χ3n) is 2.49. The lowest BCUT2D eigenvalue weighted by Crippen LogP contribution is -2.43. The van der Waals surface area contributed by atoms with E-state index in [9.17, 15) is 14.4 Å². The molecule has 0 saturated heterocycles. The molecule has 0 spiro atoms. The van der Waals surface area contributed by atoms with Gasteiger partial charge in [0.15, 0.2) is 0 Å². The van der Waals surface area contributed by atoms with Gasteiger partial charge in [0.05, 0.1) is 6.42 Å². The van der Waals surface area contributed by atoms with Crippen LogP contribution < -0.4 is 16.8 Å². The van der Waals surface area contributed by atoms with E-state index in [1.54, 1.807) is 18.2 Å². The topological polar surface area (TPSA) is 136 Å². The molecule has 0 aliphatic rings. The Bertz CT molecular complexity index is 502. The van der Waals surface area contributed by atoms with Gasteiger partial charge in [-0.05, 0) is 11.6 Å². The lowest BCUT2D eigenvalue weighted by Gasteiger charge is -2.14. The predicted octanol–water partition coefficient (Wildman–Crippen LogP) is -0.796. The van der Waals surface area contributed by atoms with Crippen molar-refractivity contribution in [3.05, 3.63) is 35.4 Å². The molecule has 1 rings (SSSR count). The first-order chi connectivity index (χ1) is 8.95. The largest absolute Gasteiger partial charge is 0.480 e. The molecule has 7 heteroatoms. The number of nitrogens with two attached hydrogens (primary N) is 2. The summed E-state index contributed by atoms with van der Waals surface area (Å²) in [5.41, 5.74) is 11.3. The van der Waals surface area contributed by atoms with E-state index in [1.165, 1.54) is 6.07 Å². The molecule has 0 aromatic heterocycles. The van der Waals surface area contributed by atoms with Gasteiger partial charge in [-0.3, -0.25) is 9.59 Å². The first-order valence-electron chi connectivity index (χ1n) is 5.55. The Hall–Kier alpha value is -2.41. The second-order valence-corrected chi connectivity index (χ2v) is 3.90. The quantitative estimate of drug-likeness (QED) is 0.534. The van der Waals surface area contributed by atoms with Crippen LogP contribution in [0, 0.1) is 0 Å². The fourth-order valence-corrected chi connectivity index (χ4v) is 1.56. The molecule has 0 aliphatic carbocycles. The molecule has 0 heterocycles. The van der Waals surface area contributed by atoms with Crippen LogP contribution in [0.15, 0.2) is 24.3 Å². The summed E-state index contributed by atoms with van der Waals surface area (Å²) >= 11 is 0. The van der Waals surface area contributed by atoms with E-state index in [4.69, 9.17) is 16.6 Å². The van der Waals surface area contributed by atoms with Gasteiger partial charge in [0, 0.05) is 12.1 Å². The van der Waals surface area contributed by atoms with Crippen LogP contribution in [0.5, 0.6) is 0 Å². The van der Waals surface area contributed by atoms with Gasteiger partial charge in [0.1, 0.15) is 6.04 Å². The summed E-state index contributed by atoms with van der Waals surface area (Å²) < 4.78 is 0. The summed E-state index contributed by atoms with van der Waals surface area (Å²) in [6.45, 7) is 0.150. The normalized spacial score (nSPS) is 11.6. The highest BCUT2D eigenvalue weighted by Gasteiger charge is 2.23. The number of carbonyl (C=O) groups excluding carboxylic acids is 2. The Morgan fingerprint density at radius 1 is 1.26 bits per heavy atom. The van der Waals surface area contributed by atoms with Crippen LogP contribution in [0.3, 0.4) is 0 Å². The van der Waals surface area contributed by atoms with Crippen LogP contribution >= 0.6 is 0 Å². The maximum Gasteiger partial charge on any atom is 0.326 e. The van der Waals surface area contributed by atoms with Crippen molar-refractivity contribution in [3.8, 4) is 0 Å². The van der Waals surface area contributed by atoms with Crippen molar-refractivity contribution in [1.82, 2.24) is 5.32 Å². The summed E-state index contributed by atoms with van der Waals surface area (Å²) in [4.78, 5) is 33.6. The number of hydrogen-bond acceptors (Lipinski definition) is 4. The monoisotopic (exact) mass is 265 g/mol. The number of hydrogen-bond donors (Lipinski definition) is 4. The van der Waals surface area contributed by atoms with Crippen molar-refractivity contribution < 1.29 is 19.5 Å². The molecule has 0 radical (unpaired) electrons. The Balaban J connectivity index is 2.87. The van der Waals surface area contributed by atoms with Gasteiger partial charge in [-0.1, -0.05) is 18.2 Å². The number of rotatable bonds is 6. The molecular weight excluding hydrogens is 250 g/mol. The lowest BCUT2D eigenvalue weighted by molar-refractivity contribution is -0.140. The first-order valence-corrected chi connectivity index (χ1v) is 5.55. The molecule has 7 nitrogen and oxygen atoms in total. The Labute approximate surface area is 109 Å². The van der Waals surface area contributed by atoms with Crippen LogP contribution in [0.25, 0.3) is 0 Å². The van der Waals surface area contributed by atoms with E-state index in [2.05, 4.69) is 5.32 Å². The molecule has 102 valence electrons. The molecule has 0 bridgehead atoms. The van der Waals surface area contributed by atoms with E-state index >= 15 is 0 Å². The van der Waals surface area contributed by atoms with E-state index in [0.29, 0.717) is 5.56 Å². The molecule has 1 aromatic rings. The number of benzene rings is 1. The molecule has 0 fully saturated rings. The number of aliphatic carboxylic acids is 1. The smallest absolute Gasteiger partial charge is 0.326 e. The van der Waals surface area contributed by atoms with Gasteiger partial charge in [0.25, 0.3) is 5.91 Å². The Morgan fingerprint density at radius 2 is 1.89 bits per heavy atom. The van der Waals surface area contributed by atoms with Crippen LogP contribution in [0.1, 0.15) is 22.3 Å². The molecular formula is C12H15N3O4. The maximum atomic E-state index is 11.9. The van der Waals surface area contributed by atoms with Gasteiger partial charge in [-0.25, -0.2) is 4.79 Å². The summed E-state index contributed by atoms with van der Waals surface area (Å²) in [7, 11) is 0. The van der Waals surface area contributed by atoms with Crippen LogP contribution in [0.2, 0.25) is 0 Å². The Morgan fingerprint density at radius 3 is 2.42 bits per heavy atom. The molecule has 0 aliphatic heterocycles. The number of amides is 2. The number of carboxylic acid groups (broad SMARTS) is 1. The highest BCUT2D eigenvalue weighted by atomic mass is 16.4. The van der Waals surface area contributed by atoms with Crippen LogP contribution in [0.4, 0.5) is 0 Å². The summed E-state index contributed by atoms with van der Waals surface area (Å²) in [5, 5.41) is 11.1. The summed E-state index contributed by atoms with van der Waals surface area (Å²) in [6, 6.07) is 5.20. The van der Waals surface area contributed by atoms with E-state index < -0.39 is 30.2 Å². The predicted molar refractivity (Wildman–Crippen MR) is 67.0 cm³/mol. The van der Waals surface area contributed by atoms with Gasteiger partial charge >= 0.3 is 5.97 Å². The minimum absolute atomic E-state index is 0.150. The molecule has 6 N–H and O–H groups in total. The standard InChI is InChI=1S/C12H15N3O4/c13-6-7-3-1-2-4-8(7)11(17)15-9(12(18)19)5-10(14)16/h1-4,9H,5-6,13H2,(H2,14,16)(H,15,17)(H,18,19). The van der Waals surface area contributed by atoms with E-state index in [0.717, 1.165) is 0 Å². The second-order valence-electron chi connectivity index (χ2n) is 3.90. The highest BCUT2D eigenvalue weighted by Crippen LogP contribution is 2.08. The fraction of sp³-hybridized carbons (Fsp3) is 0.250. The number of primary amides is 1. The highest BCUT2D eigenvalue weighted by molar-refractivity contribution is 5.98. The molecule has 1 atom stereocenters. The molecule has 19 heavy (non-hydrogen) atoms. The first kappa shape index (κ1) is 14.7. The van der Waals surface area contributed by atoms with Crippen molar-refractivity contribution in [2.75, 3.05) is 0 Å². The lowest BCUT2D eigenvalue weighted by atomic mass is 10.1. The van der Waals surface area contributed by atoms with Gasteiger partial charge in [-0.2, -0.15) is 0 Å². The molecule has 1 aromatic carbocycles. The zero-order valence-corrected chi connectivity index (χ0v) is 10.1. The molecule has 0 saturated carbocycles. The summed E-state index contributed by atoms with van der Waals surface area (Å²) in [6.07, 6.45) is -0.466. The van der Waals surface area contributed by atoms with Crippen molar-refractivity contribution >= 4 is 17.8 Å². The second kappa shape index (κ2) is 6.50. The summed E-state index contributed by atoms with van der Waals surface area (Å²) in [5.74, 6) is -2.73. The van der Waals surface area contributed by atoms with Crippen molar-refractivity contribution in [3.63, 3.8) is 0 Å². The van der Waals surface area contributed by atoms with Crippen molar-refractivity contribution in [2.45, 2.75) is 19.0 Å². The minimum atomic E-state index is -1.35. The Kier molecular flexibility index (Phi) is 5.01. The fourth-order valence-electron chi connectivity index (χ4n) is 1.56. The average Bonchev–Trinajstić information content (AvgIpc) is 2.37. The average molecular weight is 265 g/mol. The van der Waals surface area contributed by atoms with Crippen LogP contribution in [-0.2, 0) is 16.1 Å². The molecule has 2 amide bonds. The third-order valence-corrected chi connectivity index (χ3v) is 2.49. The van der Waals surface area contributed by atoms with E-state index in [1.807, 2.05) is 0 Å². The zero-order valence-electron chi connectivity index (χ0n) is 10.1. The van der Waals surface area contributed by atoms with E-state index in [-0.39, 0.29) is 12.1 Å². The number of carboxylic acids is 1. The van der Waals surface area contributed by atoms with Crippen LogP contribution in [-0.4, -0.2) is 28.9 Å². The number of nitrogens with one attached hydrogen (secondary N) is 1. The van der Waals surface area contributed by atoms with Gasteiger partial charge in [-0.15, -0.1) is 0 Å². The van der Waals surface area contributed by atoms with Crippen molar-refractivity contribution in [2.24, 2.45) is 11.5 Å². The minimum Gasteiger partial charge on any atom is -0.480 e.